The summed E-state index contributed by atoms with van der Waals surface area (Å²) in [6, 6.07) is 3.53. The highest BCUT2D eigenvalue weighted by molar-refractivity contribution is 7.08. The van der Waals surface area contributed by atoms with Crippen molar-refractivity contribution in [2.75, 3.05) is 18.0 Å². The van der Waals surface area contributed by atoms with Crippen molar-refractivity contribution in [1.82, 2.24) is 5.32 Å². The Morgan fingerprint density at radius 3 is 2.94 bits per heavy atom. The second kappa shape index (κ2) is 5.19. The van der Waals surface area contributed by atoms with Gasteiger partial charge in [0.2, 0.25) is 0 Å². The highest BCUT2D eigenvalue weighted by Crippen LogP contribution is 2.26. The number of anilines is 1. The summed E-state index contributed by atoms with van der Waals surface area (Å²) in [4.78, 5) is 2.59. The van der Waals surface area contributed by atoms with E-state index in [2.05, 4.69) is 47.8 Å². The van der Waals surface area contributed by atoms with Gasteiger partial charge in [0.25, 0.3) is 0 Å². The molecule has 0 amide bonds. The molecule has 90 valence electrons. The molecule has 3 heteroatoms. The highest BCUT2D eigenvalue weighted by atomic mass is 32.1. The minimum absolute atomic E-state index is 0.636. The standard InChI is InChI=1S/C13H22N2S/c1-4-11-8-15(12-5-6-16-9-12)13(7-14-11)10(2)3/h5-6,9-11,13-14H,4,7-8H2,1-3H3. The minimum atomic E-state index is 0.636. The summed E-state index contributed by atoms with van der Waals surface area (Å²) >= 11 is 1.79. The van der Waals surface area contributed by atoms with Crippen LogP contribution in [0.25, 0.3) is 0 Å². The molecule has 2 rings (SSSR count). The lowest BCUT2D eigenvalue weighted by Gasteiger charge is -2.43. The summed E-state index contributed by atoms with van der Waals surface area (Å²) in [6.45, 7) is 9.16. The molecule has 1 fully saturated rings. The zero-order valence-electron chi connectivity index (χ0n) is 10.4. The molecule has 16 heavy (non-hydrogen) atoms. The van der Waals surface area contributed by atoms with E-state index < -0.39 is 0 Å². The maximum atomic E-state index is 3.65. The van der Waals surface area contributed by atoms with Gasteiger partial charge in [-0.15, -0.1) is 0 Å². The largest absolute Gasteiger partial charge is 0.365 e. The van der Waals surface area contributed by atoms with Gasteiger partial charge in [0.1, 0.15) is 0 Å². The Kier molecular flexibility index (Phi) is 3.87. The maximum absolute atomic E-state index is 3.65. The third-order valence-corrected chi connectivity index (χ3v) is 4.20. The van der Waals surface area contributed by atoms with E-state index in [1.54, 1.807) is 11.3 Å². The first-order chi connectivity index (χ1) is 7.72. The maximum Gasteiger partial charge on any atom is 0.0478 e. The molecule has 2 atom stereocenters. The molecule has 2 heterocycles. The summed E-state index contributed by atoms with van der Waals surface area (Å²) in [5, 5.41) is 8.10. The first-order valence-electron chi connectivity index (χ1n) is 6.24. The summed E-state index contributed by atoms with van der Waals surface area (Å²) in [5.74, 6) is 0.699. The van der Waals surface area contributed by atoms with Gasteiger partial charge < -0.3 is 10.2 Å². The second-order valence-electron chi connectivity index (χ2n) is 4.96. The summed E-state index contributed by atoms with van der Waals surface area (Å²) < 4.78 is 0. The van der Waals surface area contributed by atoms with Crippen LogP contribution in [0.3, 0.4) is 0 Å². The van der Waals surface area contributed by atoms with E-state index in [1.807, 2.05) is 0 Å². The number of hydrogen-bond acceptors (Lipinski definition) is 3. The second-order valence-corrected chi connectivity index (χ2v) is 5.74. The van der Waals surface area contributed by atoms with Gasteiger partial charge in [0, 0.05) is 36.2 Å². The van der Waals surface area contributed by atoms with E-state index in [4.69, 9.17) is 0 Å². The Balaban J connectivity index is 2.15. The zero-order valence-corrected chi connectivity index (χ0v) is 11.3. The van der Waals surface area contributed by atoms with Crippen LogP contribution in [0.2, 0.25) is 0 Å². The SMILES string of the molecule is CCC1CN(c2ccsc2)C(C(C)C)CN1. The Morgan fingerprint density at radius 2 is 2.38 bits per heavy atom. The third-order valence-electron chi connectivity index (χ3n) is 3.53. The van der Waals surface area contributed by atoms with E-state index in [9.17, 15) is 0 Å². The van der Waals surface area contributed by atoms with Crippen LogP contribution in [0.1, 0.15) is 27.2 Å². The molecule has 0 radical (unpaired) electrons. The van der Waals surface area contributed by atoms with E-state index >= 15 is 0 Å². The predicted octanol–water partition coefficient (Wildman–Crippen LogP) is 2.96. The molecule has 0 spiro atoms. The Bertz CT molecular complexity index is 308. The van der Waals surface area contributed by atoms with Crippen LogP contribution in [0.5, 0.6) is 0 Å². The van der Waals surface area contributed by atoms with Gasteiger partial charge in [-0.2, -0.15) is 11.3 Å². The summed E-state index contributed by atoms with van der Waals surface area (Å²) in [5.41, 5.74) is 1.41. The lowest BCUT2D eigenvalue weighted by Crippen LogP contribution is -2.58. The van der Waals surface area contributed by atoms with Gasteiger partial charge in [-0.1, -0.05) is 20.8 Å². The average molecular weight is 238 g/mol. The van der Waals surface area contributed by atoms with E-state index in [-0.39, 0.29) is 0 Å². The number of hydrogen-bond donors (Lipinski definition) is 1. The van der Waals surface area contributed by atoms with Gasteiger partial charge >= 0.3 is 0 Å². The zero-order chi connectivity index (χ0) is 11.5. The molecule has 1 N–H and O–H groups in total. The monoisotopic (exact) mass is 238 g/mol. The van der Waals surface area contributed by atoms with Crippen LogP contribution in [-0.2, 0) is 0 Å². The molecule has 1 saturated heterocycles. The predicted molar refractivity (Wildman–Crippen MR) is 72.4 cm³/mol. The van der Waals surface area contributed by atoms with Gasteiger partial charge in [-0.3, -0.25) is 0 Å². The van der Waals surface area contributed by atoms with E-state index in [1.165, 1.54) is 12.1 Å². The molecule has 1 aliphatic heterocycles. The van der Waals surface area contributed by atoms with Crippen molar-refractivity contribution in [3.63, 3.8) is 0 Å². The number of nitrogens with zero attached hydrogens (tertiary/aromatic N) is 1. The van der Waals surface area contributed by atoms with Gasteiger partial charge in [-0.05, 0) is 23.8 Å². The average Bonchev–Trinajstić information content (AvgIpc) is 2.81. The molecule has 2 unspecified atom stereocenters. The topological polar surface area (TPSA) is 15.3 Å². The quantitative estimate of drug-likeness (QED) is 0.871. The van der Waals surface area contributed by atoms with Crippen molar-refractivity contribution < 1.29 is 0 Å². The first-order valence-corrected chi connectivity index (χ1v) is 7.19. The molecule has 0 bridgehead atoms. The van der Waals surface area contributed by atoms with Crippen molar-refractivity contribution in [2.45, 2.75) is 39.3 Å². The lowest BCUT2D eigenvalue weighted by molar-refractivity contribution is 0.334. The molecule has 1 aromatic heterocycles. The number of thiophene rings is 1. The Labute approximate surface area is 103 Å². The molecule has 0 aliphatic carbocycles. The van der Waals surface area contributed by atoms with Crippen LogP contribution < -0.4 is 10.2 Å². The molecule has 0 aromatic carbocycles. The highest BCUT2D eigenvalue weighted by Gasteiger charge is 2.29. The van der Waals surface area contributed by atoms with Crippen molar-refractivity contribution in [3.05, 3.63) is 16.8 Å². The molecular weight excluding hydrogens is 216 g/mol. The molecule has 2 nitrogen and oxygen atoms in total. The fraction of sp³-hybridized carbons (Fsp3) is 0.692. The van der Waals surface area contributed by atoms with Crippen LogP contribution in [0.15, 0.2) is 16.8 Å². The summed E-state index contributed by atoms with van der Waals surface area (Å²) in [7, 11) is 0. The van der Waals surface area contributed by atoms with Crippen molar-refractivity contribution in [2.24, 2.45) is 5.92 Å². The minimum Gasteiger partial charge on any atom is -0.365 e. The number of nitrogens with one attached hydrogen (secondary N) is 1. The van der Waals surface area contributed by atoms with Crippen LogP contribution in [0.4, 0.5) is 5.69 Å². The fourth-order valence-electron chi connectivity index (χ4n) is 2.42. The van der Waals surface area contributed by atoms with Gasteiger partial charge in [0.15, 0.2) is 0 Å². The number of piperazine rings is 1. The molecule has 1 aromatic rings. The van der Waals surface area contributed by atoms with E-state index in [0.717, 1.165) is 13.1 Å². The number of rotatable bonds is 3. The molecule has 1 aliphatic rings. The van der Waals surface area contributed by atoms with E-state index in [0.29, 0.717) is 18.0 Å². The van der Waals surface area contributed by atoms with Crippen molar-refractivity contribution in [1.29, 1.82) is 0 Å². The molecular formula is C13H22N2S. The van der Waals surface area contributed by atoms with Crippen LogP contribution >= 0.6 is 11.3 Å². The fourth-order valence-corrected chi connectivity index (χ4v) is 3.07. The Hall–Kier alpha value is -0.540. The first kappa shape index (κ1) is 11.9. The normalized spacial score (nSPS) is 26.4. The summed E-state index contributed by atoms with van der Waals surface area (Å²) in [6.07, 6.45) is 1.21. The van der Waals surface area contributed by atoms with Gasteiger partial charge in [-0.25, -0.2) is 0 Å². The van der Waals surface area contributed by atoms with Crippen molar-refractivity contribution >= 4 is 17.0 Å². The van der Waals surface area contributed by atoms with Crippen molar-refractivity contribution in [3.8, 4) is 0 Å². The smallest absolute Gasteiger partial charge is 0.0478 e. The van der Waals surface area contributed by atoms with Crippen LogP contribution in [-0.4, -0.2) is 25.2 Å². The molecule has 0 saturated carbocycles. The third kappa shape index (κ3) is 2.41. The Morgan fingerprint density at radius 1 is 1.56 bits per heavy atom. The van der Waals surface area contributed by atoms with Crippen LogP contribution in [0, 0.1) is 5.92 Å². The van der Waals surface area contributed by atoms with Gasteiger partial charge in [0.05, 0.1) is 0 Å². The lowest BCUT2D eigenvalue weighted by atomic mass is 9.97.